The van der Waals surface area contributed by atoms with Crippen molar-refractivity contribution in [3.63, 3.8) is 0 Å². The van der Waals surface area contributed by atoms with E-state index in [9.17, 15) is 9.59 Å². The van der Waals surface area contributed by atoms with E-state index in [1.807, 2.05) is 50.8 Å². The predicted molar refractivity (Wildman–Crippen MR) is 137 cm³/mol. The Morgan fingerprint density at radius 1 is 1.15 bits per heavy atom. The molecular formula is C26H31N3O4S. The number of nitrogens with one attached hydrogen (secondary N) is 2. The van der Waals surface area contributed by atoms with Crippen LogP contribution in [0.25, 0.3) is 0 Å². The largest absolute Gasteiger partial charge is 0.496 e. The van der Waals surface area contributed by atoms with Crippen molar-refractivity contribution in [3.05, 3.63) is 70.9 Å². The molecule has 0 saturated heterocycles. The number of benzene rings is 2. The molecule has 3 rings (SSSR count). The monoisotopic (exact) mass is 481 g/mol. The Bertz CT molecular complexity index is 1100. The molecule has 7 nitrogen and oxygen atoms in total. The van der Waals surface area contributed by atoms with E-state index in [0.717, 1.165) is 11.3 Å². The Balaban J connectivity index is 1.86. The molecule has 0 unspecified atom stereocenters. The molecule has 0 fully saturated rings. The highest BCUT2D eigenvalue weighted by Gasteiger charge is 2.34. The number of anilines is 1. The second-order valence-corrected chi connectivity index (χ2v) is 8.78. The zero-order valence-electron chi connectivity index (χ0n) is 20.2. The van der Waals surface area contributed by atoms with Crippen molar-refractivity contribution in [2.24, 2.45) is 5.92 Å². The summed E-state index contributed by atoms with van der Waals surface area (Å²) in [4.78, 5) is 27.6. The van der Waals surface area contributed by atoms with Crippen LogP contribution in [0.3, 0.4) is 0 Å². The van der Waals surface area contributed by atoms with Crippen molar-refractivity contribution >= 4 is 34.9 Å². The number of allylic oxidation sites excluding steroid dienone is 1. The molecular weight excluding hydrogens is 450 g/mol. The number of thiocarbonyl (C=S) groups is 1. The summed E-state index contributed by atoms with van der Waals surface area (Å²) in [5.74, 6) is 0.101. The predicted octanol–water partition coefficient (Wildman–Crippen LogP) is 4.67. The number of esters is 1. The van der Waals surface area contributed by atoms with E-state index in [-0.39, 0.29) is 17.8 Å². The van der Waals surface area contributed by atoms with Crippen molar-refractivity contribution in [2.45, 2.75) is 33.7 Å². The molecule has 0 aliphatic carbocycles. The summed E-state index contributed by atoms with van der Waals surface area (Å²) in [6, 6.07) is 13.9. The molecule has 0 radical (unpaired) electrons. The fourth-order valence-corrected chi connectivity index (χ4v) is 4.17. The van der Waals surface area contributed by atoms with Crippen LogP contribution >= 0.6 is 12.2 Å². The highest BCUT2D eigenvalue weighted by Crippen LogP contribution is 2.32. The first-order chi connectivity index (χ1) is 16.3. The lowest BCUT2D eigenvalue weighted by atomic mass is 9.94. The van der Waals surface area contributed by atoms with Gasteiger partial charge in [-0.2, -0.15) is 0 Å². The Labute approximate surface area is 206 Å². The van der Waals surface area contributed by atoms with E-state index < -0.39 is 6.04 Å². The summed E-state index contributed by atoms with van der Waals surface area (Å²) in [7, 11) is 1.53. The number of ether oxygens (including phenoxy) is 2. The molecule has 1 aliphatic heterocycles. The van der Waals surface area contributed by atoms with Crippen LogP contribution in [-0.2, 0) is 9.53 Å². The lowest BCUT2D eigenvalue weighted by Gasteiger charge is -2.37. The van der Waals surface area contributed by atoms with Gasteiger partial charge in [0.05, 0.1) is 30.9 Å². The first-order valence-electron chi connectivity index (χ1n) is 11.3. The number of carbonyl (C=O) groups excluding carboxylic acids is 2. The number of rotatable bonds is 8. The van der Waals surface area contributed by atoms with Crippen molar-refractivity contribution in [1.82, 2.24) is 10.2 Å². The molecule has 2 N–H and O–H groups in total. The van der Waals surface area contributed by atoms with Crippen molar-refractivity contribution in [3.8, 4) is 5.75 Å². The van der Waals surface area contributed by atoms with Crippen LogP contribution in [0.15, 0.2) is 59.8 Å². The van der Waals surface area contributed by atoms with Gasteiger partial charge in [0.15, 0.2) is 5.11 Å². The van der Waals surface area contributed by atoms with E-state index in [4.69, 9.17) is 21.7 Å². The van der Waals surface area contributed by atoms with Crippen molar-refractivity contribution < 1.29 is 19.1 Å². The number of para-hydroxylation sites is 1. The standard InChI is InChI=1S/C26H31N3O4S/c1-6-29-17(4)22(25(31)33-15-16(2)3)23(28-26(29)34)18-11-13-19(14-12-18)27-24(30)20-9-7-8-10-21(20)32-5/h7-14,16,23H,6,15H2,1-5H3,(H,27,30)(H,28,34)/t23-/m0/s1. The van der Waals surface area contributed by atoms with E-state index >= 15 is 0 Å². The van der Waals surface area contributed by atoms with Crippen molar-refractivity contribution in [2.75, 3.05) is 25.6 Å². The van der Waals surface area contributed by atoms with Crippen LogP contribution in [0.4, 0.5) is 5.69 Å². The van der Waals surface area contributed by atoms with Gasteiger partial charge >= 0.3 is 5.97 Å². The minimum atomic E-state index is -0.450. The maximum absolute atomic E-state index is 13.0. The number of carbonyl (C=O) groups is 2. The minimum absolute atomic E-state index is 0.231. The average Bonchev–Trinajstić information content (AvgIpc) is 2.82. The fraction of sp³-hybridized carbons (Fsp3) is 0.346. The molecule has 1 aliphatic rings. The van der Waals surface area contributed by atoms with E-state index in [0.29, 0.717) is 40.8 Å². The molecule has 0 spiro atoms. The summed E-state index contributed by atoms with van der Waals surface area (Å²) in [6.45, 7) is 8.84. The SMILES string of the molecule is CCN1C(=S)N[C@@H](c2ccc(NC(=O)c3ccccc3OC)cc2)C(C(=O)OCC(C)C)=C1C. The molecule has 8 heteroatoms. The van der Waals surface area contributed by atoms with Crippen LogP contribution < -0.4 is 15.4 Å². The van der Waals surface area contributed by atoms with Crippen LogP contribution in [0, 0.1) is 5.92 Å². The second-order valence-electron chi connectivity index (χ2n) is 8.39. The molecule has 2 aromatic rings. The van der Waals surface area contributed by atoms with Gasteiger partial charge in [-0.1, -0.05) is 38.1 Å². The van der Waals surface area contributed by atoms with Gasteiger partial charge in [0.2, 0.25) is 0 Å². The molecule has 34 heavy (non-hydrogen) atoms. The lowest BCUT2D eigenvalue weighted by molar-refractivity contribution is -0.140. The molecule has 0 saturated carbocycles. The van der Waals surface area contributed by atoms with Crippen LogP contribution in [0.5, 0.6) is 5.75 Å². The smallest absolute Gasteiger partial charge is 0.338 e. The fourth-order valence-electron chi connectivity index (χ4n) is 3.79. The highest BCUT2D eigenvalue weighted by molar-refractivity contribution is 7.80. The third kappa shape index (κ3) is 5.56. The summed E-state index contributed by atoms with van der Waals surface area (Å²) in [6.07, 6.45) is 0. The maximum Gasteiger partial charge on any atom is 0.338 e. The zero-order chi connectivity index (χ0) is 24.8. The summed E-state index contributed by atoms with van der Waals surface area (Å²) < 4.78 is 10.8. The molecule has 1 amide bonds. The number of methoxy groups -OCH3 is 1. The quantitative estimate of drug-likeness (QED) is 0.419. The lowest BCUT2D eigenvalue weighted by Crippen LogP contribution is -2.47. The van der Waals surface area contributed by atoms with Gasteiger partial charge in [-0.3, -0.25) is 4.79 Å². The molecule has 0 bridgehead atoms. The Morgan fingerprint density at radius 2 is 1.82 bits per heavy atom. The third-order valence-electron chi connectivity index (χ3n) is 5.53. The van der Waals surface area contributed by atoms with Gasteiger partial charge in [0, 0.05) is 17.9 Å². The maximum atomic E-state index is 13.0. The summed E-state index contributed by atoms with van der Waals surface area (Å²) in [5, 5.41) is 6.72. The number of amides is 1. The average molecular weight is 482 g/mol. The van der Waals surface area contributed by atoms with Crippen LogP contribution in [0.2, 0.25) is 0 Å². The zero-order valence-corrected chi connectivity index (χ0v) is 21.0. The van der Waals surface area contributed by atoms with Gasteiger partial charge in [0.25, 0.3) is 5.91 Å². The van der Waals surface area contributed by atoms with Gasteiger partial charge in [-0.15, -0.1) is 0 Å². The Kier molecular flexibility index (Phi) is 8.28. The molecule has 2 aromatic carbocycles. The van der Waals surface area contributed by atoms with Crippen LogP contribution in [0.1, 0.15) is 49.7 Å². The number of nitrogens with zero attached hydrogens (tertiary/aromatic N) is 1. The van der Waals surface area contributed by atoms with Gasteiger partial charge in [-0.25, -0.2) is 4.79 Å². The second kappa shape index (κ2) is 11.2. The van der Waals surface area contributed by atoms with Gasteiger partial charge < -0.3 is 25.0 Å². The van der Waals surface area contributed by atoms with Gasteiger partial charge in [-0.05, 0) is 61.8 Å². The van der Waals surface area contributed by atoms with Gasteiger partial charge in [0.1, 0.15) is 5.75 Å². The first-order valence-corrected chi connectivity index (χ1v) is 11.7. The molecule has 1 heterocycles. The minimum Gasteiger partial charge on any atom is -0.496 e. The van der Waals surface area contributed by atoms with E-state index in [2.05, 4.69) is 10.6 Å². The van der Waals surface area contributed by atoms with Crippen molar-refractivity contribution in [1.29, 1.82) is 0 Å². The number of hydrogen-bond acceptors (Lipinski definition) is 5. The number of hydrogen-bond donors (Lipinski definition) is 2. The third-order valence-corrected chi connectivity index (χ3v) is 5.87. The molecule has 1 atom stereocenters. The summed E-state index contributed by atoms with van der Waals surface area (Å²) in [5.41, 5.74) is 3.21. The van der Waals surface area contributed by atoms with E-state index in [1.54, 1.807) is 30.3 Å². The highest BCUT2D eigenvalue weighted by atomic mass is 32.1. The first kappa shape index (κ1) is 25.2. The summed E-state index contributed by atoms with van der Waals surface area (Å²) >= 11 is 5.55. The molecule has 180 valence electrons. The van der Waals surface area contributed by atoms with Crippen LogP contribution in [-0.4, -0.2) is 42.2 Å². The van der Waals surface area contributed by atoms with E-state index in [1.165, 1.54) is 7.11 Å². The topological polar surface area (TPSA) is 79.9 Å². The Morgan fingerprint density at radius 3 is 2.44 bits per heavy atom. The normalized spacial score (nSPS) is 15.8. The molecule has 0 aromatic heterocycles. The Hall–Kier alpha value is -3.39.